The van der Waals surface area contributed by atoms with E-state index in [1.165, 1.54) is 0 Å². The number of carbonyl (C=O) groups is 1. The minimum absolute atomic E-state index is 0.214. The smallest absolute Gasteiger partial charge is 0.310 e. The van der Waals surface area contributed by atoms with Crippen molar-refractivity contribution in [1.29, 1.82) is 0 Å². The minimum Gasteiger partial charge on any atom is -0.466 e. The summed E-state index contributed by atoms with van der Waals surface area (Å²) in [7, 11) is 1.94. The number of halogens is 1. The maximum atomic E-state index is 11.2. The van der Waals surface area contributed by atoms with E-state index in [-0.39, 0.29) is 12.4 Å². The Bertz CT molecular complexity index is 319. The second-order valence-corrected chi connectivity index (χ2v) is 3.56. The van der Waals surface area contributed by atoms with E-state index in [9.17, 15) is 4.79 Å². The van der Waals surface area contributed by atoms with E-state index in [1.807, 2.05) is 20.0 Å². The fourth-order valence-electron chi connectivity index (χ4n) is 1.29. The molecule has 0 atom stereocenters. The van der Waals surface area contributed by atoms with Crippen LogP contribution in [0.15, 0.2) is 18.2 Å². The number of rotatable bonds is 3. The SMILES string of the molecule is Bc1cc(Cl)cc(CC(=O)OCC)c1. The zero-order valence-electron chi connectivity index (χ0n) is 8.34. The van der Waals surface area contributed by atoms with Gasteiger partial charge in [-0.3, -0.25) is 4.79 Å². The Balaban J connectivity index is 2.71. The van der Waals surface area contributed by atoms with E-state index in [0.717, 1.165) is 11.0 Å². The summed E-state index contributed by atoms with van der Waals surface area (Å²) in [5.41, 5.74) is 1.95. The molecule has 0 aliphatic heterocycles. The highest BCUT2D eigenvalue weighted by molar-refractivity contribution is 6.36. The Morgan fingerprint density at radius 3 is 2.79 bits per heavy atom. The Morgan fingerprint density at radius 1 is 1.50 bits per heavy atom. The van der Waals surface area contributed by atoms with Gasteiger partial charge in [0.25, 0.3) is 0 Å². The number of esters is 1. The number of carbonyl (C=O) groups excluding carboxylic acids is 1. The molecule has 74 valence electrons. The minimum atomic E-state index is -0.214. The van der Waals surface area contributed by atoms with Crippen molar-refractivity contribution in [2.24, 2.45) is 0 Å². The van der Waals surface area contributed by atoms with Crippen LogP contribution >= 0.6 is 11.6 Å². The lowest BCUT2D eigenvalue weighted by molar-refractivity contribution is -0.142. The van der Waals surface area contributed by atoms with Gasteiger partial charge in [0.2, 0.25) is 0 Å². The van der Waals surface area contributed by atoms with Crippen molar-refractivity contribution in [2.45, 2.75) is 13.3 Å². The predicted molar refractivity (Wildman–Crippen MR) is 60.0 cm³/mol. The van der Waals surface area contributed by atoms with E-state index < -0.39 is 0 Å². The first-order chi connectivity index (χ1) is 6.61. The van der Waals surface area contributed by atoms with Gasteiger partial charge in [-0.15, -0.1) is 0 Å². The van der Waals surface area contributed by atoms with Gasteiger partial charge in [0.05, 0.1) is 13.0 Å². The van der Waals surface area contributed by atoms with Crippen LogP contribution in [0.1, 0.15) is 12.5 Å². The molecule has 0 aliphatic rings. The van der Waals surface area contributed by atoms with Crippen LogP contribution in [-0.2, 0) is 16.0 Å². The van der Waals surface area contributed by atoms with Gasteiger partial charge >= 0.3 is 5.97 Å². The van der Waals surface area contributed by atoms with Crippen molar-refractivity contribution in [3.05, 3.63) is 28.8 Å². The summed E-state index contributed by atoms with van der Waals surface area (Å²) in [5, 5.41) is 0.657. The molecule has 0 amide bonds. The van der Waals surface area contributed by atoms with Crippen LogP contribution in [0, 0.1) is 0 Å². The fraction of sp³-hybridized carbons (Fsp3) is 0.300. The van der Waals surface area contributed by atoms with Gasteiger partial charge in [0.1, 0.15) is 7.85 Å². The second-order valence-electron chi connectivity index (χ2n) is 3.12. The molecule has 0 saturated carbocycles. The molecule has 4 heteroatoms. The van der Waals surface area contributed by atoms with E-state index >= 15 is 0 Å². The summed E-state index contributed by atoms with van der Waals surface area (Å²) < 4.78 is 4.84. The van der Waals surface area contributed by atoms with Crippen molar-refractivity contribution in [2.75, 3.05) is 6.61 Å². The Morgan fingerprint density at radius 2 is 2.21 bits per heavy atom. The molecular weight excluding hydrogens is 198 g/mol. The van der Waals surface area contributed by atoms with Gasteiger partial charge < -0.3 is 4.74 Å². The molecule has 0 heterocycles. The average molecular weight is 210 g/mol. The third kappa shape index (κ3) is 3.42. The van der Waals surface area contributed by atoms with E-state index in [4.69, 9.17) is 16.3 Å². The molecule has 0 aromatic heterocycles. The highest BCUT2D eigenvalue weighted by Gasteiger charge is 2.04. The van der Waals surface area contributed by atoms with Crippen LogP contribution in [-0.4, -0.2) is 20.4 Å². The summed E-state index contributed by atoms with van der Waals surface area (Å²) in [6.07, 6.45) is 0.287. The summed E-state index contributed by atoms with van der Waals surface area (Å²) in [6.45, 7) is 2.21. The highest BCUT2D eigenvalue weighted by Crippen LogP contribution is 2.09. The summed E-state index contributed by atoms with van der Waals surface area (Å²) in [6, 6.07) is 5.57. The monoisotopic (exact) mass is 210 g/mol. The standard InChI is InChI=1S/C10H12BClO2/c1-2-14-10(13)5-7-3-8(11)6-9(12)4-7/h3-4,6H,2,5,11H2,1H3. The maximum absolute atomic E-state index is 11.2. The van der Waals surface area contributed by atoms with Crippen molar-refractivity contribution in [1.82, 2.24) is 0 Å². The fourth-order valence-corrected chi connectivity index (χ4v) is 1.61. The Hall–Kier alpha value is -0.955. The number of ether oxygens (including phenoxy) is 1. The van der Waals surface area contributed by atoms with E-state index in [0.29, 0.717) is 11.6 Å². The molecular formula is C10H12BClO2. The Kier molecular flexibility index (Phi) is 4.02. The van der Waals surface area contributed by atoms with Crippen LogP contribution in [0.3, 0.4) is 0 Å². The molecule has 0 saturated heterocycles. The Labute approximate surface area is 89.6 Å². The van der Waals surface area contributed by atoms with Gasteiger partial charge in [-0.25, -0.2) is 0 Å². The van der Waals surface area contributed by atoms with Crippen LogP contribution in [0.5, 0.6) is 0 Å². The molecule has 1 aromatic rings. The third-order valence-electron chi connectivity index (χ3n) is 1.76. The third-order valence-corrected chi connectivity index (χ3v) is 1.97. The first-order valence-electron chi connectivity index (χ1n) is 4.53. The lowest BCUT2D eigenvalue weighted by atomic mass is 9.94. The highest BCUT2D eigenvalue weighted by atomic mass is 35.5. The van der Waals surface area contributed by atoms with E-state index in [1.54, 1.807) is 13.0 Å². The molecule has 0 radical (unpaired) electrons. The molecule has 2 nitrogen and oxygen atoms in total. The zero-order valence-corrected chi connectivity index (χ0v) is 9.10. The second kappa shape index (κ2) is 5.06. The van der Waals surface area contributed by atoms with E-state index in [2.05, 4.69) is 0 Å². The molecule has 0 aliphatic carbocycles. The molecule has 1 rings (SSSR count). The molecule has 14 heavy (non-hydrogen) atoms. The lowest BCUT2D eigenvalue weighted by Gasteiger charge is -2.03. The molecule has 0 unspecified atom stereocenters. The predicted octanol–water partition coefficient (Wildman–Crippen LogP) is 0.704. The van der Waals surface area contributed by atoms with Gasteiger partial charge in [0.15, 0.2) is 0 Å². The largest absolute Gasteiger partial charge is 0.466 e. The maximum Gasteiger partial charge on any atom is 0.310 e. The molecule has 0 bridgehead atoms. The number of benzene rings is 1. The van der Waals surface area contributed by atoms with Gasteiger partial charge in [0, 0.05) is 5.02 Å². The van der Waals surface area contributed by atoms with Crippen LogP contribution in [0.25, 0.3) is 0 Å². The number of hydrogen-bond acceptors (Lipinski definition) is 2. The number of hydrogen-bond donors (Lipinski definition) is 0. The van der Waals surface area contributed by atoms with Crippen molar-refractivity contribution >= 4 is 30.9 Å². The quantitative estimate of drug-likeness (QED) is 0.542. The van der Waals surface area contributed by atoms with Crippen molar-refractivity contribution in [3.8, 4) is 0 Å². The first kappa shape index (κ1) is 11.1. The van der Waals surface area contributed by atoms with Crippen LogP contribution < -0.4 is 5.46 Å². The van der Waals surface area contributed by atoms with Crippen molar-refractivity contribution in [3.63, 3.8) is 0 Å². The molecule has 1 aromatic carbocycles. The molecule has 0 spiro atoms. The van der Waals surface area contributed by atoms with Crippen LogP contribution in [0.2, 0.25) is 5.02 Å². The summed E-state index contributed by atoms with van der Waals surface area (Å²) >= 11 is 5.86. The van der Waals surface area contributed by atoms with Crippen molar-refractivity contribution < 1.29 is 9.53 Å². The summed E-state index contributed by atoms with van der Waals surface area (Å²) in [4.78, 5) is 11.2. The first-order valence-corrected chi connectivity index (χ1v) is 4.91. The molecule has 0 N–H and O–H groups in total. The normalized spacial score (nSPS) is 9.86. The lowest BCUT2D eigenvalue weighted by Crippen LogP contribution is -2.10. The topological polar surface area (TPSA) is 26.3 Å². The van der Waals surface area contributed by atoms with Crippen LogP contribution in [0.4, 0.5) is 0 Å². The van der Waals surface area contributed by atoms with Gasteiger partial charge in [-0.1, -0.05) is 23.1 Å². The summed E-state index contributed by atoms with van der Waals surface area (Å²) in [5.74, 6) is -0.214. The van der Waals surface area contributed by atoms with Gasteiger partial charge in [-0.2, -0.15) is 0 Å². The average Bonchev–Trinajstić information content (AvgIpc) is 2.01. The zero-order chi connectivity index (χ0) is 10.6. The van der Waals surface area contributed by atoms with Gasteiger partial charge in [-0.05, 0) is 24.6 Å². The molecule has 0 fully saturated rings.